The van der Waals surface area contributed by atoms with Crippen molar-refractivity contribution in [2.45, 2.75) is 73.4 Å². The number of thiophene rings is 1. The number of hydrogen-bond donors (Lipinski definition) is 1. The van der Waals surface area contributed by atoms with Crippen LogP contribution < -0.4 is 4.57 Å². The third-order valence-electron chi connectivity index (χ3n) is 8.18. The van der Waals surface area contributed by atoms with Gasteiger partial charge in [-0.25, -0.2) is 0 Å². The van der Waals surface area contributed by atoms with Gasteiger partial charge in [0.2, 0.25) is 0 Å². The Balaban J connectivity index is 0.000000397. The van der Waals surface area contributed by atoms with Crippen molar-refractivity contribution in [1.82, 2.24) is 0 Å². The molecule has 0 saturated heterocycles. The molecule has 47 heavy (non-hydrogen) atoms. The molecule has 0 bridgehead atoms. The summed E-state index contributed by atoms with van der Waals surface area (Å²) in [7, 11) is 4.41. The number of nitrogens with zero attached hydrogens (tertiary/aromatic N) is 1. The maximum absolute atomic E-state index is 11.6. The van der Waals surface area contributed by atoms with Gasteiger partial charge >= 0.3 is 6.18 Å². The smallest absolute Gasteiger partial charge is 0.454 e. The second kappa shape index (κ2) is 14.4. The number of hydrogen-bond acceptors (Lipinski definition) is 3. The number of carbonyl (C=O) groups excluding carboxylic acids is 1. The van der Waals surface area contributed by atoms with Crippen LogP contribution in [0.4, 0.5) is 13.2 Å². The van der Waals surface area contributed by atoms with Gasteiger partial charge in [0, 0.05) is 48.5 Å². The average Bonchev–Trinajstić information content (AvgIpc) is 3.33. The monoisotopic (exact) mass is 839 g/mol. The standard InChI is InChI=1S/C32H34NS.C7H9F3O2.Ir/c1-19(2)17-22-13-14-25-26-15-16-33(8)29(31(26)34-30(25)20(22)3)27-18-28(32(5,6)7)24-12-10-9-11-23(24)21(27)4;1-4(2)5(11)3-6(12)7(8,9)10;/h9-16,18-19H,4,8,17H2,1-3,5-7H3;3-4,11H,1-2H3;/q-1;;/b;5-3-;. The number of allylic oxidation sites excluding steroid dienone is 2. The van der Waals surface area contributed by atoms with Crippen LogP contribution in [0.2, 0.25) is 0 Å². The van der Waals surface area contributed by atoms with Gasteiger partial charge in [0.05, 0.1) is 17.6 Å². The van der Waals surface area contributed by atoms with Crippen LogP contribution in [0.15, 0.2) is 66.6 Å². The molecule has 2 aromatic heterocycles. The number of rotatable bonds is 5. The summed E-state index contributed by atoms with van der Waals surface area (Å²) in [5.74, 6) is -2.42. The van der Waals surface area contributed by atoms with Gasteiger partial charge in [0.15, 0.2) is 0 Å². The van der Waals surface area contributed by atoms with Gasteiger partial charge in [-0.1, -0.05) is 89.7 Å². The van der Waals surface area contributed by atoms with Crippen LogP contribution in [-0.4, -0.2) is 17.1 Å². The third-order valence-corrected chi connectivity index (χ3v) is 9.53. The number of fused-ring (bicyclic) bond motifs is 4. The van der Waals surface area contributed by atoms with Gasteiger partial charge < -0.3 is 9.67 Å². The number of halogens is 3. The van der Waals surface area contributed by atoms with Crippen molar-refractivity contribution in [3.63, 3.8) is 0 Å². The quantitative estimate of drug-likeness (QED) is 0.0829. The second-order valence-corrected chi connectivity index (χ2v) is 14.7. The molecule has 0 unspecified atom stereocenters. The molecular weight excluding hydrogens is 796 g/mol. The van der Waals surface area contributed by atoms with Crippen LogP contribution in [0.25, 0.3) is 42.2 Å². The van der Waals surface area contributed by atoms with Crippen molar-refractivity contribution in [1.29, 1.82) is 0 Å². The van der Waals surface area contributed by atoms with E-state index in [0.717, 1.165) is 17.7 Å². The molecule has 0 atom stereocenters. The molecule has 5 aromatic rings. The Hall–Kier alpha value is -3.32. The van der Waals surface area contributed by atoms with E-state index < -0.39 is 23.6 Å². The van der Waals surface area contributed by atoms with E-state index in [9.17, 15) is 18.0 Å². The van der Waals surface area contributed by atoms with E-state index in [1.807, 2.05) is 15.9 Å². The molecule has 5 rings (SSSR count). The third kappa shape index (κ3) is 8.05. The molecule has 2 heterocycles. The summed E-state index contributed by atoms with van der Waals surface area (Å²) >= 11 is 1.90. The van der Waals surface area contributed by atoms with Gasteiger partial charge in [-0.3, -0.25) is 4.79 Å². The van der Waals surface area contributed by atoms with Crippen molar-refractivity contribution in [2.75, 3.05) is 0 Å². The van der Waals surface area contributed by atoms with E-state index in [4.69, 9.17) is 5.11 Å². The molecule has 0 saturated carbocycles. The van der Waals surface area contributed by atoms with E-state index in [1.165, 1.54) is 67.0 Å². The van der Waals surface area contributed by atoms with Crippen LogP contribution in [0.3, 0.4) is 0 Å². The Bertz CT molecular complexity index is 1960. The Kier molecular flexibility index (Phi) is 11.7. The molecule has 0 aliphatic heterocycles. The molecule has 1 radical (unpaired) electrons. The number of benzene rings is 3. The zero-order valence-electron chi connectivity index (χ0n) is 28.2. The van der Waals surface area contributed by atoms with Crippen LogP contribution in [0.5, 0.6) is 0 Å². The van der Waals surface area contributed by atoms with Crippen molar-refractivity contribution in [2.24, 2.45) is 11.8 Å². The molecule has 0 spiro atoms. The van der Waals surface area contributed by atoms with Crippen molar-refractivity contribution in [3.8, 4) is 11.3 Å². The van der Waals surface area contributed by atoms with Crippen molar-refractivity contribution in [3.05, 3.63) is 103 Å². The molecule has 8 heteroatoms. The Labute approximate surface area is 293 Å². The first kappa shape index (κ1) is 38.1. The summed E-state index contributed by atoms with van der Waals surface area (Å²) in [6.45, 7) is 21.3. The SMILES string of the molecule is CC(C)/C(O)=C/C(=O)C(F)(F)F.[CH2-]c1c(-c2c3sc4c(C)c(CC(C)C)ccc4c3cc[n+]2[CH2-])cc(C(C)(C)C)c2ccccc12.[Ir]. The predicted molar refractivity (Wildman–Crippen MR) is 186 cm³/mol. The first-order valence-corrected chi connectivity index (χ1v) is 16.2. The van der Waals surface area contributed by atoms with Crippen LogP contribution in [0, 0.1) is 32.7 Å². The number of pyridine rings is 1. The maximum Gasteiger partial charge on any atom is 0.454 e. The summed E-state index contributed by atoms with van der Waals surface area (Å²) in [5.41, 5.74) is 7.64. The van der Waals surface area contributed by atoms with E-state index in [-0.39, 0.29) is 31.6 Å². The molecule has 3 nitrogen and oxygen atoms in total. The summed E-state index contributed by atoms with van der Waals surface area (Å²) in [5, 5.41) is 14.0. The van der Waals surface area contributed by atoms with E-state index in [0.29, 0.717) is 5.92 Å². The van der Waals surface area contributed by atoms with Crippen LogP contribution in [-0.2, 0) is 36.7 Å². The molecule has 0 fully saturated rings. The number of aliphatic hydroxyl groups excluding tert-OH is 1. The zero-order chi connectivity index (χ0) is 34.3. The minimum atomic E-state index is -4.90. The van der Waals surface area contributed by atoms with Gasteiger partial charge in [0.25, 0.3) is 5.78 Å². The number of aromatic nitrogens is 1. The normalized spacial score (nSPS) is 12.5. The number of alkyl halides is 3. The first-order chi connectivity index (χ1) is 21.3. The van der Waals surface area contributed by atoms with E-state index in [2.05, 4.69) is 110 Å². The molecule has 3 aromatic carbocycles. The van der Waals surface area contributed by atoms with Crippen molar-refractivity contribution >= 4 is 48.1 Å². The number of ketones is 1. The summed E-state index contributed by atoms with van der Waals surface area (Å²) in [4.78, 5) is 10.2. The Morgan fingerprint density at radius 2 is 1.55 bits per heavy atom. The first-order valence-electron chi connectivity index (χ1n) is 15.4. The molecule has 1 N–H and O–H groups in total. The minimum absolute atomic E-state index is 0. The topological polar surface area (TPSA) is 41.2 Å². The summed E-state index contributed by atoms with van der Waals surface area (Å²) < 4.78 is 39.4. The van der Waals surface area contributed by atoms with Crippen molar-refractivity contribution < 1.29 is 47.7 Å². The summed E-state index contributed by atoms with van der Waals surface area (Å²) in [6, 6.07) is 17.9. The Morgan fingerprint density at radius 1 is 0.957 bits per heavy atom. The van der Waals surface area contributed by atoms with Crippen LogP contribution >= 0.6 is 11.3 Å². The van der Waals surface area contributed by atoms with Gasteiger partial charge in [-0.05, 0) is 52.6 Å². The largest absolute Gasteiger partial charge is 0.512 e. The molecular formula is C39H43F3IrNO2S-. The molecule has 0 amide bonds. The Morgan fingerprint density at radius 3 is 2.11 bits per heavy atom. The maximum atomic E-state index is 11.6. The zero-order valence-corrected chi connectivity index (χ0v) is 31.4. The van der Waals surface area contributed by atoms with Gasteiger partial charge in [0.1, 0.15) is 0 Å². The molecule has 0 aliphatic carbocycles. The average molecular weight is 839 g/mol. The van der Waals surface area contributed by atoms with Gasteiger partial charge in [-0.2, -0.15) is 25.7 Å². The predicted octanol–water partition coefficient (Wildman–Crippen LogP) is 11.0. The van der Waals surface area contributed by atoms with E-state index >= 15 is 0 Å². The minimum Gasteiger partial charge on any atom is -0.512 e. The fourth-order valence-electron chi connectivity index (χ4n) is 5.65. The number of aliphatic hydroxyl groups is 1. The summed E-state index contributed by atoms with van der Waals surface area (Å²) in [6.07, 6.45) is -1.49. The van der Waals surface area contributed by atoms with Crippen LogP contribution in [0.1, 0.15) is 70.7 Å². The fourth-order valence-corrected chi connectivity index (χ4v) is 7.04. The van der Waals surface area contributed by atoms with E-state index in [1.54, 1.807) is 0 Å². The number of aryl methyl sites for hydroxylation is 1. The van der Waals surface area contributed by atoms with Gasteiger partial charge in [-0.15, -0.1) is 34.4 Å². The fraction of sp³-hybridized carbons (Fsp3) is 0.333. The molecule has 253 valence electrons. The second-order valence-electron chi connectivity index (χ2n) is 13.6. The molecule has 0 aliphatic rings. The number of carbonyl (C=O) groups is 1.